The second kappa shape index (κ2) is 7.81. The molecule has 0 aliphatic heterocycles. The molecule has 25 heavy (non-hydrogen) atoms. The Bertz CT molecular complexity index is 838. The number of hydrogen-bond donors (Lipinski definition) is 0. The van der Waals surface area contributed by atoms with Crippen molar-refractivity contribution in [3.63, 3.8) is 0 Å². The number of ether oxygens (including phenoxy) is 2. The standard InChI is InChI=1S/C21H21NO3/c1-16-19(21(23)25-14-13-24-2)15-20(17-9-5-3-6-10-17)22(16)18-11-7-4-8-12-18/h3-12,15H,13-14H2,1-2H3. The molecule has 0 N–H and O–H groups in total. The molecular formula is C21H21NO3. The number of aromatic nitrogens is 1. The minimum atomic E-state index is -0.332. The summed E-state index contributed by atoms with van der Waals surface area (Å²) in [6.45, 7) is 2.56. The molecule has 0 fully saturated rings. The maximum absolute atomic E-state index is 12.5. The summed E-state index contributed by atoms with van der Waals surface area (Å²) < 4.78 is 12.3. The first kappa shape index (κ1) is 17.0. The van der Waals surface area contributed by atoms with E-state index in [-0.39, 0.29) is 12.6 Å². The predicted molar refractivity (Wildman–Crippen MR) is 98.1 cm³/mol. The van der Waals surface area contributed by atoms with Crippen LogP contribution in [0.4, 0.5) is 0 Å². The van der Waals surface area contributed by atoms with E-state index in [2.05, 4.69) is 4.57 Å². The Hall–Kier alpha value is -2.85. The molecular weight excluding hydrogens is 314 g/mol. The van der Waals surface area contributed by atoms with Gasteiger partial charge in [-0.2, -0.15) is 0 Å². The van der Waals surface area contributed by atoms with Gasteiger partial charge in [0.1, 0.15) is 6.61 Å². The maximum atomic E-state index is 12.5. The minimum Gasteiger partial charge on any atom is -0.460 e. The molecule has 3 aromatic rings. The summed E-state index contributed by atoms with van der Waals surface area (Å²) in [6.07, 6.45) is 0. The fraction of sp³-hybridized carbons (Fsp3) is 0.190. The van der Waals surface area contributed by atoms with Crippen molar-refractivity contribution < 1.29 is 14.3 Å². The van der Waals surface area contributed by atoms with Crippen LogP contribution in [-0.4, -0.2) is 30.9 Å². The lowest BCUT2D eigenvalue weighted by Crippen LogP contribution is -2.11. The van der Waals surface area contributed by atoms with Gasteiger partial charge in [-0.3, -0.25) is 0 Å². The molecule has 1 aromatic heterocycles. The van der Waals surface area contributed by atoms with Gasteiger partial charge in [-0.05, 0) is 30.7 Å². The molecule has 4 nitrogen and oxygen atoms in total. The number of methoxy groups -OCH3 is 1. The third kappa shape index (κ3) is 3.64. The van der Waals surface area contributed by atoms with E-state index in [9.17, 15) is 4.79 Å². The molecule has 0 bridgehead atoms. The van der Waals surface area contributed by atoms with Crippen LogP contribution in [-0.2, 0) is 9.47 Å². The van der Waals surface area contributed by atoms with Gasteiger partial charge in [-0.1, -0.05) is 48.5 Å². The fourth-order valence-electron chi connectivity index (χ4n) is 2.84. The van der Waals surface area contributed by atoms with Crippen LogP contribution in [0, 0.1) is 6.92 Å². The summed E-state index contributed by atoms with van der Waals surface area (Å²) in [5.41, 5.74) is 4.44. The van der Waals surface area contributed by atoms with Gasteiger partial charge >= 0.3 is 5.97 Å². The quantitative estimate of drug-likeness (QED) is 0.499. The zero-order chi connectivity index (χ0) is 17.6. The summed E-state index contributed by atoms with van der Waals surface area (Å²) in [7, 11) is 1.58. The predicted octanol–water partition coefficient (Wildman–Crippen LogP) is 4.26. The molecule has 0 unspecified atom stereocenters. The van der Waals surface area contributed by atoms with E-state index < -0.39 is 0 Å². The molecule has 1 heterocycles. The number of carbonyl (C=O) groups excluding carboxylic acids is 1. The topological polar surface area (TPSA) is 40.5 Å². The van der Waals surface area contributed by atoms with Crippen molar-refractivity contribution in [2.45, 2.75) is 6.92 Å². The summed E-state index contributed by atoms with van der Waals surface area (Å²) in [6, 6.07) is 21.9. The molecule has 0 aliphatic carbocycles. The molecule has 0 radical (unpaired) electrons. The molecule has 0 spiro atoms. The third-order valence-electron chi connectivity index (χ3n) is 4.07. The highest BCUT2D eigenvalue weighted by Gasteiger charge is 2.20. The minimum absolute atomic E-state index is 0.242. The van der Waals surface area contributed by atoms with Crippen LogP contribution in [0.3, 0.4) is 0 Å². The van der Waals surface area contributed by atoms with Gasteiger partial charge in [0.15, 0.2) is 0 Å². The van der Waals surface area contributed by atoms with Crippen LogP contribution in [0.5, 0.6) is 0 Å². The summed E-state index contributed by atoms with van der Waals surface area (Å²) >= 11 is 0. The van der Waals surface area contributed by atoms with Crippen LogP contribution in [0.1, 0.15) is 16.1 Å². The molecule has 0 aliphatic rings. The number of carbonyl (C=O) groups is 1. The summed E-state index contributed by atoms with van der Waals surface area (Å²) in [5, 5.41) is 0. The average Bonchev–Trinajstić information content (AvgIpc) is 3.00. The van der Waals surface area contributed by atoms with Crippen molar-refractivity contribution in [1.82, 2.24) is 4.57 Å². The molecule has 0 saturated carbocycles. The highest BCUT2D eigenvalue weighted by atomic mass is 16.6. The van der Waals surface area contributed by atoms with E-state index >= 15 is 0 Å². The first-order valence-electron chi connectivity index (χ1n) is 8.21. The van der Waals surface area contributed by atoms with Crippen molar-refractivity contribution in [2.24, 2.45) is 0 Å². The molecule has 128 valence electrons. The summed E-state index contributed by atoms with van der Waals surface area (Å²) in [5.74, 6) is -0.332. The third-order valence-corrected chi connectivity index (χ3v) is 4.07. The number of esters is 1. The number of nitrogens with zero attached hydrogens (tertiary/aromatic N) is 1. The number of para-hydroxylation sites is 1. The van der Waals surface area contributed by atoms with Gasteiger partial charge < -0.3 is 14.0 Å². The highest BCUT2D eigenvalue weighted by Crippen LogP contribution is 2.29. The Labute approximate surface area is 147 Å². The average molecular weight is 335 g/mol. The van der Waals surface area contributed by atoms with Crippen LogP contribution in [0.25, 0.3) is 16.9 Å². The van der Waals surface area contributed by atoms with Crippen molar-refractivity contribution in [2.75, 3.05) is 20.3 Å². The Morgan fingerprint density at radius 1 is 0.960 bits per heavy atom. The second-order valence-electron chi connectivity index (χ2n) is 5.69. The van der Waals surface area contributed by atoms with E-state index in [1.165, 1.54) is 0 Å². The monoisotopic (exact) mass is 335 g/mol. The first-order chi connectivity index (χ1) is 12.2. The van der Waals surface area contributed by atoms with Crippen molar-refractivity contribution in [1.29, 1.82) is 0 Å². The van der Waals surface area contributed by atoms with E-state index in [1.807, 2.05) is 73.7 Å². The van der Waals surface area contributed by atoms with Gasteiger partial charge in [0.2, 0.25) is 0 Å². The van der Waals surface area contributed by atoms with E-state index in [4.69, 9.17) is 9.47 Å². The van der Waals surface area contributed by atoms with Crippen LogP contribution < -0.4 is 0 Å². The Morgan fingerprint density at radius 2 is 1.60 bits per heavy atom. The Morgan fingerprint density at radius 3 is 2.24 bits per heavy atom. The van der Waals surface area contributed by atoms with Gasteiger partial charge in [0.25, 0.3) is 0 Å². The normalized spacial score (nSPS) is 10.6. The van der Waals surface area contributed by atoms with Gasteiger partial charge in [-0.25, -0.2) is 4.79 Å². The lowest BCUT2D eigenvalue weighted by atomic mass is 10.1. The van der Waals surface area contributed by atoms with Crippen molar-refractivity contribution in [3.05, 3.63) is 78.0 Å². The van der Waals surface area contributed by atoms with E-state index in [0.717, 1.165) is 22.6 Å². The first-order valence-corrected chi connectivity index (χ1v) is 8.21. The second-order valence-corrected chi connectivity index (χ2v) is 5.69. The SMILES string of the molecule is COCCOC(=O)c1cc(-c2ccccc2)n(-c2ccccc2)c1C. The lowest BCUT2D eigenvalue weighted by molar-refractivity contribution is 0.0387. The van der Waals surface area contributed by atoms with Gasteiger partial charge in [0, 0.05) is 18.5 Å². The molecule has 3 rings (SSSR count). The summed E-state index contributed by atoms with van der Waals surface area (Å²) in [4.78, 5) is 12.5. The Balaban J connectivity index is 2.07. The maximum Gasteiger partial charge on any atom is 0.340 e. The zero-order valence-corrected chi connectivity index (χ0v) is 14.4. The Kier molecular flexibility index (Phi) is 5.31. The lowest BCUT2D eigenvalue weighted by Gasteiger charge is -2.12. The fourth-order valence-corrected chi connectivity index (χ4v) is 2.84. The molecule has 0 amide bonds. The highest BCUT2D eigenvalue weighted by molar-refractivity contribution is 5.93. The van der Waals surface area contributed by atoms with Crippen molar-refractivity contribution >= 4 is 5.97 Å². The largest absolute Gasteiger partial charge is 0.460 e. The smallest absolute Gasteiger partial charge is 0.340 e. The molecule has 0 atom stereocenters. The van der Waals surface area contributed by atoms with Crippen molar-refractivity contribution in [3.8, 4) is 16.9 Å². The zero-order valence-electron chi connectivity index (χ0n) is 14.4. The number of rotatable bonds is 6. The van der Waals surface area contributed by atoms with Gasteiger partial charge in [0.05, 0.1) is 17.9 Å². The molecule has 2 aromatic carbocycles. The van der Waals surface area contributed by atoms with E-state index in [0.29, 0.717) is 12.2 Å². The number of hydrogen-bond acceptors (Lipinski definition) is 3. The van der Waals surface area contributed by atoms with Gasteiger partial charge in [-0.15, -0.1) is 0 Å². The van der Waals surface area contributed by atoms with Crippen LogP contribution in [0.15, 0.2) is 66.7 Å². The molecule has 4 heteroatoms. The number of benzene rings is 2. The van der Waals surface area contributed by atoms with Crippen LogP contribution in [0.2, 0.25) is 0 Å². The molecule has 0 saturated heterocycles. The van der Waals surface area contributed by atoms with Crippen LogP contribution >= 0.6 is 0 Å². The van der Waals surface area contributed by atoms with E-state index in [1.54, 1.807) is 7.11 Å².